The van der Waals surface area contributed by atoms with Crippen LogP contribution in [0.5, 0.6) is 0 Å². The van der Waals surface area contributed by atoms with Crippen molar-refractivity contribution < 1.29 is 0 Å². The van der Waals surface area contributed by atoms with Gasteiger partial charge in [-0.05, 0) is 54.6 Å². The maximum absolute atomic E-state index is 2.70. The van der Waals surface area contributed by atoms with Crippen LogP contribution in [0.2, 0.25) is 0 Å². The van der Waals surface area contributed by atoms with E-state index in [1.54, 1.807) is 0 Å². The number of piperazine rings is 1. The van der Waals surface area contributed by atoms with Gasteiger partial charge in [0.1, 0.15) is 0 Å². The lowest BCUT2D eigenvalue weighted by molar-refractivity contribution is -0.0734. The van der Waals surface area contributed by atoms with Gasteiger partial charge in [0, 0.05) is 45.0 Å². The van der Waals surface area contributed by atoms with Crippen molar-refractivity contribution in [1.29, 1.82) is 0 Å². The predicted molar refractivity (Wildman–Crippen MR) is 122 cm³/mol. The van der Waals surface area contributed by atoms with Crippen LogP contribution in [0.1, 0.15) is 60.3 Å². The largest absolute Gasteiger partial charge is 0.369 e. The summed E-state index contributed by atoms with van der Waals surface area (Å²) in [6, 6.07) is 10.9. The van der Waals surface area contributed by atoms with Gasteiger partial charge in [-0.2, -0.15) is 0 Å². The van der Waals surface area contributed by atoms with Crippen LogP contribution < -0.4 is 4.90 Å². The number of hydrogen-bond acceptors (Lipinski definition) is 3. The Hall–Kier alpha value is -1.06. The molecule has 0 aromatic heterocycles. The first-order valence-electron chi connectivity index (χ1n) is 11.7. The molecule has 2 aliphatic heterocycles. The summed E-state index contributed by atoms with van der Waals surface area (Å²) in [7, 11) is 0. The second kappa shape index (κ2) is 9.17. The third-order valence-electron chi connectivity index (χ3n) is 7.28. The van der Waals surface area contributed by atoms with E-state index in [4.69, 9.17) is 0 Å². The van der Waals surface area contributed by atoms with E-state index in [2.05, 4.69) is 65.8 Å². The zero-order chi connectivity index (χ0) is 20.2. The fraction of sp³-hybridized carbons (Fsp3) is 0.760. The Balaban J connectivity index is 0.00000109. The van der Waals surface area contributed by atoms with Crippen LogP contribution in [-0.2, 0) is 0 Å². The molecular weight excluding hydrogens is 342 g/mol. The molecule has 0 atom stereocenters. The first kappa shape index (κ1) is 21.6. The highest BCUT2D eigenvalue weighted by molar-refractivity contribution is 5.46. The molecule has 3 heteroatoms. The Morgan fingerprint density at radius 2 is 1.43 bits per heavy atom. The van der Waals surface area contributed by atoms with E-state index in [1.165, 1.54) is 64.2 Å². The fourth-order valence-electron chi connectivity index (χ4n) is 5.48. The molecule has 1 spiro atoms. The molecule has 2 heterocycles. The van der Waals surface area contributed by atoms with Gasteiger partial charge >= 0.3 is 0 Å². The molecule has 1 aromatic carbocycles. The zero-order valence-electron chi connectivity index (χ0n) is 19.1. The molecule has 0 radical (unpaired) electrons. The molecule has 1 saturated carbocycles. The quantitative estimate of drug-likeness (QED) is 0.696. The van der Waals surface area contributed by atoms with E-state index in [-0.39, 0.29) is 0 Å². The number of hydrogen-bond donors (Lipinski definition) is 0. The van der Waals surface area contributed by atoms with Gasteiger partial charge in [0.05, 0.1) is 6.67 Å². The van der Waals surface area contributed by atoms with E-state index in [0.29, 0.717) is 10.8 Å². The zero-order valence-corrected chi connectivity index (χ0v) is 19.1. The summed E-state index contributed by atoms with van der Waals surface area (Å²) < 4.78 is 0. The molecule has 3 fully saturated rings. The smallest absolute Gasteiger partial charge is 0.0508 e. The fourth-order valence-corrected chi connectivity index (χ4v) is 5.48. The molecular formula is C25H43N3. The van der Waals surface area contributed by atoms with Crippen LogP contribution in [0.4, 0.5) is 5.69 Å². The van der Waals surface area contributed by atoms with Gasteiger partial charge in [0.15, 0.2) is 0 Å². The van der Waals surface area contributed by atoms with Crippen LogP contribution in [0, 0.1) is 16.7 Å². The minimum absolute atomic E-state index is 0.503. The lowest BCUT2D eigenvalue weighted by Crippen LogP contribution is -2.61. The second-order valence-corrected chi connectivity index (χ2v) is 10.2. The molecule has 1 aliphatic carbocycles. The van der Waals surface area contributed by atoms with Gasteiger partial charge in [0.25, 0.3) is 0 Å². The summed E-state index contributed by atoms with van der Waals surface area (Å²) in [5.41, 5.74) is 2.56. The minimum Gasteiger partial charge on any atom is -0.369 e. The van der Waals surface area contributed by atoms with E-state index >= 15 is 0 Å². The van der Waals surface area contributed by atoms with Crippen LogP contribution in [0.3, 0.4) is 0 Å². The minimum atomic E-state index is 0.503. The van der Waals surface area contributed by atoms with Crippen molar-refractivity contribution in [3.63, 3.8) is 0 Å². The Morgan fingerprint density at radius 3 is 1.96 bits per heavy atom. The third-order valence-corrected chi connectivity index (χ3v) is 7.28. The summed E-state index contributed by atoms with van der Waals surface area (Å²) in [6.45, 7) is 19.9. The Morgan fingerprint density at radius 1 is 0.857 bits per heavy atom. The maximum Gasteiger partial charge on any atom is 0.0508 e. The maximum atomic E-state index is 2.70. The average Bonchev–Trinajstić information content (AvgIpc) is 2.69. The molecule has 2 saturated heterocycles. The van der Waals surface area contributed by atoms with Gasteiger partial charge in [-0.3, -0.25) is 9.80 Å². The monoisotopic (exact) mass is 385 g/mol. The van der Waals surface area contributed by atoms with Crippen molar-refractivity contribution >= 4 is 5.69 Å². The first-order chi connectivity index (χ1) is 13.4. The topological polar surface area (TPSA) is 9.72 Å². The van der Waals surface area contributed by atoms with Gasteiger partial charge in [-0.15, -0.1) is 0 Å². The predicted octanol–water partition coefficient (Wildman–Crippen LogP) is 5.33. The Labute approximate surface area is 174 Å². The Kier molecular flexibility index (Phi) is 7.09. The van der Waals surface area contributed by atoms with E-state index in [9.17, 15) is 0 Å². The highest BCUT2D eigenvalue weighted by Crippen LogP contribution is 2.49. The summed E-state index contributed by atoms with van der Waals surface area (Å²) in [6.07, 6.45) is 5.83. The third kappa shape index (κ3) is 5.10. The van der Waals surface area contributed by atoms with Crippen molar-refractivity contribution in [3.8, 4) is 0 Å². The molecule has 4 rings (SSSR count). The molecule has 158 valence electrons. The van der Waals surface area contributed by atoms with Gasteiger partial charge in [-0.25, -0.2) is 0 Å². The van der Waals surface area contributed by atoms with Crippen LogP contribution in [-0.4, -0.2) is 55.7 Å². The summed E-state index contributed by atoms with van der Waals surface area (Å²) in [5, 5.41) is 0. The lowest BCUT2D eigenvalue weighted by atomic mass is 9.61. The Bertz CT molecular complexity index is 568. The molecule has 3 aliphatic rings. The number of para-hydroxylation sites is 1. The molecule has 0 N–H and O–H groups in total. The highest BCUT2D eigenvalue weighted by Gasteiger charge is 2.46. The molecule has 3 nitrogen and oxygen atoms in total. The lowest BCUT2D eigenvalue weighted by Gasteiger charge is -2.56. The standard InChI is InChI=1S/C23H37N3.C2H6/c1-22(2,3)20-9-11-23(12-10-20)17-25(18-23)19-24-13-15-26(16-14-24)21-7-5-4-6-8-21;1-2/h4-8,20H,9-19H2,1-3H3;1-2H3. The molecule has 0 amide bonds. The van der Waals surface area contributed by atoms with Crippen LogP contribution >= 0.6 is 0 Å². The van der Waals surface area contributed by atoms with Crippen molar-refractivity contribution in [2.45, 2.75) is 60.3 Å². The van der Waals surface area contributed by atoms with Gasteiger partial charge < -0.3 is 4.90 Å². The number of anilines is 1. The van der Waals surface area contributed by atoms with Gasteiger partial charge in [0.2, 0.25) is 0 Å². The van der Waals surface area contributed by atoms with Gasteiger partial charge in [-0.1, -0.05) is 52.8 Å². The normalized spacial score (nSPS) is 23.8. The average molecular weight is 386 g/mol. The number of benzene rings is 1. The van der Waals surface area contributed by atoms with Crippen molar-refractivity contribution in [3.05, 3.63) is 30.3 Å². The molecule has 1 aromatic rings. The van der Waals surface area contributed by atoms with Crippen molar-refractivity contribution in [1.82, 2.24) is 9.80 Å². The van der Waals surface area contributed by atoms with Crippen LogP contribution in [0.25, 0.3) is 0 Å². The van der Waals surface area contributed by atoms with E-state index in [1.807, 2.05) is 13.8 Å². The van der Waals surface area contributed by atoms with Crippen LogP contribution in [0.15, 0.2) is 30.3 Å². The molecule has 28 heavy (non-hydrogen) atoms. The SMILES string of the molecule is CC.CC(C)(C)C1CCC2(CC1)CN(CN1CCN(c3ccccc3)CC1)C2. The van der Waals surface area contributed by atoms with Crippen molar-refractivity contribution in [2.75, 3.05) is 50.8 Å². The van der Waals surface area contributed by atoms with E-state index < -0.39 is 0 Å². The highest BCUT2D eigenvalue weighted by atomic mass is 15.4. The summed E-state index contributed by atoms with van der Waals surface area (Å²) >= 11 is 0. The first-order valence-corrected chi connectivity index (χ1v) is 11.7. The molecule has 0 bridgehead atoms. The van der Waals surface area contributed by atoms with E-state index in [0.717, 1.165) is 19.0 Å². The number of likely N-dealkylation sites (tertiary alicyclic amines) is 1. The summed E-state index contributed by atoms with van der Waals surface area (Å²) in [5.74, 6) is 0.938. The summed E-state index contributed by atoms with van der Waals surface area (Å²) in [4.78, 5) is 7.89. The number of nitrogens with zero attached hydrogens (tertiary/aromatic N) is 3. The number of rotatable bonds is 3. The molecule has 0 unspecified atom stereocenters. The second-order valence-electron chi connectivity index (χ2n) is 10.2. The van der Waals surface area contributed by atoms with Crippen molar-refractivity contribution in [2.24, 2.45) is 16.7 Å².